The summed E-state index contributed by atoms with van der Waals surface area (Å²) < 4.78 is 10.8. The summed E-state index contributed by atoms with van der Waals surface area (Å²) in [6, 6.07) is 16.1. The number of hydrogen-bond donors (Lipinski definition) is 0. The van der Waals surface area contributed by atoms with E-state index in [1.807, 2.05) is 42.5 Å². The van der Waals surface area contributed by atoms with Crippen LogP contribution in [0.15, 0.2) is 69.2 Å². The predicted molar refractivity (Wildman–Crippen MR) is 116 cm³/mol. The maximum Gasteiger partial charge on any atom is 0.345 e. The lowest BCUT2D eigenvalue weighted by molar-refractivity contribution is -0.123. The van der Waals surface area contributed by atoms with E-state index < -0.39 is 17.0 Å². The zero-order valence-corrected chi connectivity index (χ0v) is 17.3. The van der Waals surface area contributed by atoms with Gasteiger partial charge in [-0.2, -0.15) is 0 Å². The molecule has 8 heteroatoms. The quantitative estimate of drug-likeness (QED) is 0.264. The zero-order valence-electron chi connectivity index (χ0n) is 15.7. The molecule has 6 nitrogen and oxygen atoms in total. The largest absolute Gasteiger partial charge is 0.496 e. The van der Waals surface area contributed by atoms with Gasteiger partial charge in [0.1, 0.15) is 16.7 Å². The number of para-hydroxylation sites is 2. The fourth-order valence-electron chi connectivity index (χ4n) is 3.61. The molecule has 0 spiro atoms. The molecule has 1 amide bonds. The molecule has 2 aromatic carbocycles. The first-order valence-electron chi connectivity index (χ1n) is 9.17. The Labute approximate surface area is 180 Å². The molecule has 1 fully saturated rings. The van der Waals surface area contributed by atoms with Gasteiger partial charge < -0.3 is 9.15 Å². The Bertz CT molecular complexity index is 1330. The number of anilines is 1. The van der Waals surface area contributed by atoms with Gasteiger partial charge in [-0.25, -0.2) is 9.78 Å². The van der Waals surface area contributed by atoms with Crippen LogP contribution in [0.3, 0.4) is 0 Å². The second-order valence-corrected chi connectivity index (χ2v) is 8.10. The lowest BCUT2D eigenvalue weighted by Gasteiger charge is -2.43. The minimum Gasteiger partial charge on any atom is -0.496 e. The topological polar surface area (TPSA) is 72.6 Å². The number of carbonyl (C=O) groups is 1. The molecule has 0 aliphatic carbocycles. The highest BCUT2D eigenvalue weighted by Crippen LogP contribution is 2.46. The summed E-state index contributed by atoms with van der Waals surface area (Å²) in [6.07, 6.45) is 0. The first kappa shape index (κ1) is 18.8. The fraction of sp³-hybridized carbons (Fsp3) is 0.136. The van der Waals surface area contributed by atoms with E-state index in [2.05, 4.69) is 4.98 Å². The van der Waals surface area contributed by atoms with Gasteiger partial charge in [0.2, 0.25) is 5.91 Å². The SMILES string of the molecule is COc1ccccc1C1C(Cl)C(=O)N1c1nc(-c2cc3ccccc3oc2=O)cs1. The molecule has 2 unspecified atom stereocenters. The highest BCUT2D eigenvalue weighted by atomic mass is 35.5. The van der Waals surface area contributed by atoms with Crippen LogP contribution in [0.5, 0.6) is 5.75 Å². The van der Waals surface area contributed by atoms with E-state index >= 15 is 0 Å². The molecule has 0 saturated carbocycles. The highest BCUT2D eigenvalue weighted by molar-refractivity contribution is 7.14. The van der Waals surface area contributed by atoms with E-state index in [0.29, 0.717) is 27.7 Å². The number of fused-ring (bicyclic) bond motifs is 1. The Hall–Kier alpha value is -3.16. The minimum atomic E-state index is -0.709. The van der Waals surface area contributed by atoms with Crippen LogP contribution in [0.1, 0.15) is 11.6 Å². The third-order valence-corrected chi connectivity index (χ3v) is 6.37. The number of halogens is 1. The van der Waals surface area contributed by atoms with Gasteiger partial charge in [0, 0.05) is 16.3 Å². The molecule has 1 aliphatic rings. The second-order valence-electron chi connectivity index (χ2n) is 6.80. The Morgan fingerprint density at radius 3 is 2.73 bits per heavy atom. The average Bonchev–Trinajstić information content (AvgIpc) is 3.25. The molecule has 4 aromatic rings. The summed E-state index contributed by atoms with van der Waals surface area (Å²) in [5, 5.41) is 2.30. The Morgan fingerprint density at radius 1 is 1.13 bits per heavy atom. The van der Waals surface area contributed by atoms with Gasteiger partial charge in [0.25, 0.3) is 0 Å². The summed E-state index contributed by atoms with van der Waals surface area (Å²) in [7, 11) is 1.58. The van der Waals surface area contributed by atoms with Crippen molar-refractivity contribution in [2.75, 3.05) is 12.0 Å². The van der Waals surface area contributed by atoms with Crippen molar-refractivity contribution in [1.29, 1.82) is 0 Å². The first-order valence-corrected chi connectivity index (χ1v) is 10.5. The molecule has 0 bridgehead atoms. The number of ether oxygens (including phenoxy) is 1. The number of amides is 1. The number of thiazole rings is 1. The van der Waals surface area contributed by atoms with Crippen molar-refractivity contribution in [2.24, 2.45) is 0 Å². The number of rotatable bonds is 4. The number of benzene rings is 2. The summed E-state index contributed by atoms with van der Waals surface area (Å²) in [5.41, 5.74) is 1.65. The van der Waals surface area contributed by atoms with E-state index in [0.717, 1.165) is 10.9 Å². The third kappa shape index (κ3) is 2.89. The molecule has 1 aliphatic heterocycles. The van der Waals surface area contributed by atoms with Crippen LogP contribution in [0.4, 0.5) is 5.13 Å². The molecule has 0 N–H and O–H groups in total. The monoisotopic (exact) mass is 438 g/mol. The molecular formula is C22H15ClN2O4S. The van der Waals surface area contributed by atoms with Crippen molar-refractivity contribution < 1.29 is 13.9 Å². The molecule has 2 atom stereocenters. The lowest BCUT2D eigenvalue weighted by Crippen LogP contribution is -2.56. The first-order chi connectivity index (χ1) is 14.6. The number of carbonyl (C=O) groups excluding carboxylic acids is 1. The molecule has 1 saturated heterocycles. The van der Waals surface area contributed by atoms with Crippen molar-refractivity contribution in [3.05, 3.63) is 76.0 Å². The van der Waals surface area contributed by atoms with Crippen molar-refractivity contribution in [3.8, 4) is 17.0 Å². The van der Waals surface area contributed by atoms with Crippen LogP contribution in [-0.4, -0.2) is 23.4 Å². The molecule has 30 heavy (non-hydrogen) atoms. The number of nitrogens with zero attached hydrogens (tertiary/aromatic N) is 2. The smallest absolute Gasteiger partial charge is 0.345 e. The van der Waals surface area contributed by atoms with Gasteiger partial charge in [-0.1, -0.05) is 36.4 Å². The summed E-state index contributed by atoms with van der Waals surface area (Å²) in [5.74, 6) is 0.414. The predicted octanol–water partition coefficient (Wildman–Crippen LogP) is 4.62. The van der Waals surface area contributed by atoms with Crippen molar-refractivity contribution in [2.45, 2.75) is 11.4 Å². The van der Waals surface area contributed by atoms with Crippen LogP contribution >= 0.6 is 22.9 Å². The maximum atomic E-state index is 12.6. The van der Waals surface area contributed by atoms with Crippen LogP contribution < -0.4 is 15.3 Å². The highest BCUT2D eigenvalue weighted by Gasteiger charge is 2.50. The van der Waals surface area contributed by atoms with Gasteiger partial charge in [0.15, 0.2) is 5.13 Å². The summed E-state index contributed by atoms with van der Waals surface area (Å²) in [6.45, 7) is 0. The average molecular weight is 439 g/mol. The number of alkyl halides is 1. The number of methoxy groups -OCH3 is 1. The Kier molecular flexibility index (Phi) is 4.56. The summed E-state index contributed by atoms with van der Waals surface area (Å²) in [4.78, 5) is 31.1. The zero-order chi connectivity index (χ0) is 20.8. The molecular weight excluding hydrogens is 424 g/mol. The molecule has 5 rings (SSSR count). The maximum absolute atomic E-state index is 12.6. The van der Waals surface area contributed by atoms with Gasteiger partial charge in [0.05, 0.1) is 24.4 Å². The molecule has 2 aromatic heterocycles. The normalized spacial score (nSPS) is 18.5. The number of β-lactam (4-membered cyclic amide) rings is 1. The van der Waals surface area contributed by atoms with E-state index in [9.17, 15) is 9.59 Å². The molecule has 150 valence electrons. The van der Waals surface area contributed by atoms with Crippen molar-refractivity contribution >= 4 is 44.9 Å². The van der Waals surface area contributed by atoms with Crippen LogP contribution in [-0.2, 0) is 4.79 Å². The van der Waals surface area contributed by atoms with Crippen molar-refractivity contribution in [3.63, 3.8) is 0 Å². The van der Waals surface area contributed by atoms with Crippen LogP contribution in [0.2, 0.25) is 0 Å². The van der Waals surface area contributed by atoms with Gasteiger partial charge in [-0.15, -0.1) is 22.9 Å². The number of aromatic nitrogens is 1. The van der Waals surface area contributed by atoms with Gasteiger partial charge >= 0.3 is 5.63 Å². The number of hydrogen-bond acceptors (Lipinski definition) is 6. The Morgan fingerprint density at radius 2 is 1.90 bits per heavy atom. The summed E-state index contributed by atoms with van der Waals surface area (Å²) >= 11 is 7.63. The van der Waals surface area contributed by atoms with Crippen LogP contribution in [0, 0.1) is 0 Å². The lowest BCUT2D eigenvalue weighted by atomic mass is 9.93. The van der Waals surface area contributed by atoms with E-state index in [1.165, 1.54) is 11.3 Å². The second kappa shape index (κ2) is 7.27. The van der Waals surface area contributed by atoms with Gasteiger partial charge in [-0.3, -0.25) is 9.69 Å². The third-order valence-electron chi connectivity index (χ3n) is 5.10. The van der Waals surface area contributed by atoms with Crippen LogP contribution in [0.25, 0.3) is 22.2 Å². The standard InChI is InChI=1S/C22H15ClN2O4S/c1-28-17-9-5-3-7-13(17)19-18(23)20(26)25(19)22-24-15(11-30-22)14-10-12-6-2-4-8-16(12)29-21(14)27/h2-11,18-19H,1H3. The molecule has 0 radical (unpaired) electrons. The van der Waals surface area contributed by atoms with E-state index in [-0.39, 0.29) is 5.91 Å². The molecule has 3 heterocycles. The van der Waals surface area contributed by atoms with E-state index in [4.69, 9.17) is 20.8 Å². The van der Waals surface area contributed by atoms with Gasteiger partial charge in [-0.05, 0) is 18.2 Å². The van der Waals surface area contributed by atoms with Crippen molar-refractivity contribution in [1.82, 2.24) is 4.98 Å². The minimum absolute atomic E-state index is 0.237. The fourth-order valence-corrected chi connectivity index (χ4v) is 4.83. The Balaban J connectivity index is 1.54. The van der Waals surface area contributed by atoms with E-state index in [1.54, 1.807) is 29.5 Å².